The highest BCUT2D eigenvalue weighted by molar-refractivity contribution is 9.10. The molecule has 0 bridgehead atoms. The summed E-state index contributed by atoms with van der Waals surface area (Å²) in [5, 5.41) is 0. The predicted molar refractivity (Wildman–Crippen MR) is 49.0 cm³/mol. The van der Waals surface area contributed by atoms with E-state index in [1.807, 2.05) is 6.07 Å². The third-order valence-corrected chi connectivity index (χ3v) is 2.00. The van der Waals surface area contributed by atoms with Crippen molar-refractivity contribution in [1.82, 2.24) is 15.0 Å². The molecule has 11 heavy (non-hydrogen) atoms. The van der Waals surface area contributed by atoms with Crippen molar-refractivity contribution in [2.24, 2.45) is 0 Å². The molecular weight excluding hydrogens is 226 g/mol. The molecule has 0 atom stereocenters. The van der Waals surface area contributed by atoms with Crippen LogP contribution in [0.4, 0.5) is 0 Å². The summed E-state index contributed by atoms with van der Waals surface area (Å²) in [5.41, 5.74) is 1.90. The van der Waals surface area contributed by atoms with Crippen LogP contribution in [0.1, 0.15) is 0 Å². The lowest BCUT2D eigenvalue weighted by atomic mass is 10.4. The van der Waals surface area contributed by atoms with Gasteiger partial charge in [0, 0.05) is 0 Å². The number of fused-ring (bicyclic) bond motifs is 1. The van der Waals surface area contributed by atoms with Crippen molar-refractivity contribution >= 4 is 39.2 Å². The zero-order valence-corrected chi connectivity index (χ0v) is 7.79. The quantitative estimate of drug-likeness (QED) is 0.539. The number of hydrogen-bond acceptors (Lipinski definition) is 2. The first-order chi connectivity index (χ1) is 5.25. The van der Waals surface area contributed by atoms with Gasteiger partial charge in [-0.15, -0.1) is 0 Å². The van der Waals surface area contributed by atoms with Gasteiger partial charge >= 0.3 is 0 Å². The number of aromatic nitrogens is 3. The van der Waals surface area contributed by atoms with Crippen LogP contribution in [0.15, 0.2) is 16.9 Å². The summed E-state index contributed by atoms with van der Waals surface area (Å²) in [6.07, 6.45) is 1.73. The Labute approximate surface area is 76.0 Å². The van der Waals surface area contributed by atoms with Crippen LogP contribution in [0.3, 0.4) is 0 Å². The molecule has 0 saturated carbocycles. The zero-order valence-electron chi connectivity index (χ0n) is 5.39. The minimum Gasteiger partial charge on any atom is -0.331 e. The Kier molecular flexibility index (Phi) is 1.54. The topological polar surface area (TPSA) is 44.5 Å². The zero-order chi connectivity index (χ0) is 7.84. The number of hydrogen-bond donors (Lipinski definition) is 2. The van der Waals surface area contributed by atoms with Gasteiger partial charge in [-0.1, -0.05) is 0 Å². The number of halogens is 1. The monoisotopic (exact) mass is 229 g/mol. The molecule has 5 heteroatoms. The van der Waals surface area contributed by atoms with Gasteiger partial charge in [0.05, 0.1) is 17.2 Å². The number of nitrogens with zero attached hydrogens (tertiary/aromatic N) is 1. The molecule has 0 aromatic carbocycles. The minimum atomic E-state index is 0.625. The normalized spacial score (nSPS) is 10.6. The van der Waals surface area contributed by atoms with E-state index >= 15 is 0 Å². The van der Waals surface area contributed by atoms with Crippen molar-refractivity contribution in [3.05, 3.63) is 21.6 Å². The van der Waals surface area contributed by atoms with Gasteiger partial charge in [0.1, 0.15) is 4.60 Å². The molecule has 0 fully saturated rings. The first-order valence-electron chi connectivity index (χ1n) is 2.99. The fraction of sp³-hybridized carbons (Fsp3) is 0. The first-order valence-corrected chi connectivity index (χ1v) is 4.19. The number of aromatic amines is 2. The molecule has 0 aliphatic carbocycles. The molecule has 3 nitrogen and oxygen atoms in total. The minimum absolute atomic E-state index is 0.625. The Morgan fingerprint density at radius 1 is 1.36 bits per heavy atom. The Balaban J connectivity index is 2.92. The Hall–Kier alpha value is -0.680. The standard InChI is InChI=1S/C6H4BrN3S/c7-5-1-3-4(2-8-5)10-6(11)9-3/h1-2H,(H2,9,10,11). The van der Waals surface area contributed by atoms with Crippen molar-refractivity contribution in [1.29, 1.82) is 0 Å². The summed E-state index contributed by atoms with van der Waals surface area (Å²) in [7, 11) is 0. The summed E-state index contributed by atoms with van der Waals surface area (Å²) >= 11 is 8.16. The van der Waals surface area contributed by atoms with Crippen LogP contribution >= 0.6 is 28.1 Å². The van der Waals surface area contributed by atoms with Gasteiger partial charge < -0.3 is 9.97 Å². The third-order valence-electron chi connectivity index (χ3n) is 1.37. The van der Waals surface area contributed by atoms with E-state index in [0.29, 0.717) is 4.77 Å². The summed E-state index contributed by atoms with van der Waals surface area (Å²) in [6.45, 7) is 0. The van der Waals surface area contributed by atoms with Crippen LogP contribution in [-0.2, 0) is 0 Å². The highest BCUT2D eigenvalue weighted by Crippen LogP contribution is 2.12. The van der Waals surface area contributed by atoms with Crippen molar-refractivity contribution < 1.29 is 0 Å². The van der Waals surface area contributed by atoms with E-state index < -0.39 is 0 Å². The van der Waals surface area contributed by atoms with Crippen LogP contribution in [0.25, 0.3) is 11.0 Å². The lowest BCUT2D eigenvalue weighted by molar-refractivity contribution is 1.28. The maximum absolute atomic E-state index is 4.90. The van der Waals surface area contributed by atoms with Crippen LogP contribution in [0.2, 0.25) is 0 Å². The number of H-pyrrole nitrogens is 2. The molecule has 2 aromatic heterocycles. The SMILES string of the molecule is S=c1[nH]c2cnc(Br)cc2[nH]1. The molecule has 0 saturated heterocycles. The summed E-state index contributed by atoms with van der Waals surface area (Å²) < 4.78 is 1.43. The highest BCUT2D eigenvalue weighted by atomic mass is 79.9. The van der Waals surface area contributed by atoms with Crippen LogP contribution in [0.5, 0.6) is 0 Å². The number of rotatable bonds is 0. The van der Waals surface area contributed by atoms with E-state index in [0.717, 1.165) is 15.6 Å². The second kappa shape index (κ2) is 2.42. The molecule has 0 aliphatic rings. The van der Waals surface area contributed by atoms with Crippen molar-refractivity contribution in [3.8, 4) is 0 Å². The fourth-order valence-electron chi connectivity index (χ4n) is 0.909. The predicted octanol–water partition coefficient (Wildman–Crippen LogP) is 2.38. The second-order valence-electron chi connectivity index (χ2n) is 2.13. The molecule has 0 radical (unpaired) electrons. The maximum Gasteiger partial charge on any atom is 0.175 e. The molecule has 56 valence electrons. The van der Waals surface area contributed by atoms with Gasteiger partial charge in [-0.2, -0.15) is 0 Å². The number of nitrogens with one attached hydrogen (secondary N) is 2. The largest absolute Gasteiger partial charge is 0.331 e. The maximum atomic E-state index is 4.90. The molecule has 2 N–H and O–H groups in total. The third kappa shape index (κ3) is 1.21. The van der Waals surface area contributed by atoms with Crippen molar-refractivity contribution in [3.63, 3.8) is 0 Å². The van der Waals surface area contributed by atoms with Crippen LogP contribution in [-0.4, -0.2) is 15.0 Å². The summed E-state index contributed by atoms with van der Waals surface area (Å²) in [4.78, 5) is 9.99. The van der Waals surface area contributed by atoms with Gasteiger partial charge in [-0.05, 0) is 34.2 Å². The van der Waals surface area contributed by atoms with Crippen molar-refractivity contribution in [2.45, 2.75) is 0 Å². The molecule has 0 unspecified atom stereocenters. The smallest absolute Gasteiger partial charge is 0.175 e. The Morgan fingerprint density at radius 2 is 2.09 bits per heavy atom. The molecular formula is C6H4BrN3S. The van der Waals surface area contributed by atoms with E-state index in [2.05, 4.69) is 30.9 Å². The van der Waals surface area contributed by atoms with Crippen LogP contribution in [0, 0.1) is 4.77 Å². The van der Waals surface area contributed by atoms with Gasteiger partial charge in [-0.25, -0.2) is 4.98 Å². The Bertz CT molecular complexity index is 444. The highest BCUT2D eigenvalue weighted by Gasteiger charge is 1.95. The fourth-order valence-corrected chi connectivity index (χ4v) is 1.46. The van der Waals surface area contributed by atoms with Crippen molar-refractivity contribution in [2.75, 3.05) is 0 Å². The molecule has 2 heterocycles. The Morgan fingerprint density at radius 3 is 2.91 bits per heavy atom. The van der Waals surface area contributed by atoms with E-state index in [1.54, 1.807) is 6.20 Å². The lowest BCUT2D eigenvalue weighted by Gasteiger charge is -1.87. The van der Waals surface area contributed by atoms with Gasteiger partial charge in [0.2, 0.25) is 0 Å². The van der Waals surface area contributed by atoms with E-state index in [4.69, 9.17) is 12.2 Å². The number of pyridine rings is 1. The molecule has 0 amide bonds. The van der Waals surface area contributed by atoms with E-state index in [1.165, 1.54) is 0 Å². The first kappa shape index (κ1) is 7.00. The molecule has 0 aliphatic heterocycles. The molecule has 2 rings (SSSR count). The van der Waals surface area contributed by atoms with E-state index in [-0.39, 0.29) is 0 Å². The average Bonchev–Trinajstić information content (AvgIpc) is 2.27. The van der Waals surface area contributed by atoms with Gasteiger partial charge in [0.15, 0.2) is 4.77 Å². The van der Waals surface area contributed by atoms with Gasteiger partial charge in [-0.3, -0.25) is 0 Å². The molecule has 0 spiro atoms. The summed E-state index contributed by atoms with van der Waals surface area (Å²) in [6, 6.07) is 1.88. The van der Waals surface area contributed by atoms with Crippen LogP contribution < -0.4 is 0 Å². The number of imidazole rings is 1. The van der Waals surface area contributed by atoms with Gasteiger partial charge in [0.25, 0.3) is 0 Å². The summed E-state index contributed by atoms with van der Waals surface area (Å²) in [5.74, 6) is 0. The molecule has 2 aromatic rings. The average molecular weight is 230 g/mol. The lowest BCUT2D eigenvalue weighted by Crippen LogP contribution is -1.74. The van der Waals surface area contributed by atoms with E-state index in [9.17, 15) is 0 Å². The second-order valence-corrected chi connectivity index (χ2v) is 3.35.